The van der Waals surface area contributed by atoms with Crippen LogP contribution in [0.15, 0.2) is 61.0 Å². The lowest BCUT2D eigenvalue weighted by atomic mass is 10.1. The van der Waals surface area contributed by atoms with Gasteiger partial charge in [0.25, 0.3) is 0 Å². The quantitative estimate of drug-likeness (QED) is 0.834. The average molecular weight is 320 g/mol. The van der Waals surface area contributed by atoms with Gasteiger partial charge in [0.15, 0.2) is 5.75 Å². The first-order chi connectivity index (χ1) is 11.0. The summed E-state index contributed by atoms with van der Waals surface area (Å²) in [5.41, 5.74) is -0.766. The molecule has 0 fully saturated rings. The van der Waals surface area contributed by atoms with Gasteiger partial charge in [0, 0.05) is 6.20 Å². The number of alkyl halides is 3. The van der Waals surface area contributed by atoms with Crippen LogP contribution in [0.2, 0.25) is 0 Å². The summed E-state index contributed by atoms with van der Waals surface area (Å²) >= 11 is 0. The third kappa shape index (κ3) is 2.98. The fourth-order valence-corrected chi connectivity index (χ4v) is 2.19. The van der Waals surface area contributed by atoms with E-state index in [1.807, 2.05) is 0 Å². The zero-order valence-corrected chi connectivity index (χ0v) is 11.7. The molecular formula is C16H11F3N2O2. The first-order valence-corrected chi connectivity index (χ1v) is 6.65. The molecule has 0 aromatic heterocycles. The largest absolute Gasteiger partial charge is 0.461 e. The number of nitrogens with zero attached hydrogens (tertiary/aromatic N) is 1. The summed E-state index contributed by atoms with van der Waals surface area (Å²) in [6.07, 6.45) is -1.92. The molecule has 0 spiro atoms. The van der Waals surface area contributed by atoms with Crippen LogP contribution >= 0.6 is 0 Å². The van der Waals surface area contributed by atoms with Crippen molar-refractivity contribution in [3.63, 3.8) is 0 Å². The minimum Gasteiger partial charge on any atom is -0.461 e. The molecule has 0 saturated heterocycles. The Labute approximate surface area is 129 Å². The van der Waals surface area contributed by atoms with E-state index in [4.69, 9.17) is 4.74 Å². The van der Waals surface area contributed by atoms with E-state index in [0.29, 0.717) is 11.4 Å². The van der Waals surface area contributed by atoms with Gasteiger partial charge in [0.1, 0.15) is 6.26 Å². The van der Waals surface area contributed by atoms with Crippen LogP contribution < -0.4 is 15.0 Å². The molecule has 118 valence electrons. The Morgan fingerprint density at radius 3 is 2.52 bits per heavy atom. The number of urea groups is 1. The van der Waals surface area contributed by atoms with E-state index in [-0.39, 0.29) is 5.69 Å². The van der Waals surface area contributed by atoms with E-state index in [2.05, 4.69) is 5.32 Å². The second-order valence-electron chi connectivity index (χ2n) is 4.71. The molecule has 23 heavy (non-hydrogen) atoms. The number of ether oxygens (including phenoxy) is 1. The van der Waals surface area contributed by atoms with Gasteiger partial charge in [-0.05, 0) is 24.3 Å². The fourth-order valence-electron chi connectivity index (χ4n) is 2.19. The number of hydrogen-bond donors (Lipinski definition) is 1. The molecule has 3 rings (SSSR count). The number of anilines is 2. The summed E-state index contributed by atoms with van der Waals surface area (Å²) in [5, 5.41) is 2.29. The molecule has 2 aromatic rings. The van der Waals surface area contributed by atoms with Crippen molar-refractivity contribution in [2.24, 2.45) is 0 Å². The molecule has 7 heteroatoms. The summed E-state index contributed by atoms with van der Waals surface area (Å²) in [6, 6.07) is 10.8. The van der Waals surface area contributed by atoms with Crippen molar-refractivity contribution in [1.29, 1.82) is 0 Å². The molecule has 2 aromatic carbocycles. The maximum Gasteiger partial charge on any atom is 0.418 e. The summed E-state index contributed by atoms with van der Waals surface area (Å²) in [6.45, 7) is 0. The molecule has 1 aliphatic rings. The first kappa shape index (κ1) is 15.0. The monoisotopic (exact) mass is 320 g/mol. The van der Waals surface area contributed by atoms with Crippen molar-refractivity contribution in [1.82, 2.24) is 0 Å². The van der Waals surface area contributed by atoms with Crippen LogP contribution in [0.5, 0.6) is 5.75 Å². The van der Waals surface area contributed by atoms with Gasteiger partial charge in [0.05, 0.1) is 16.9 Å². The van der Waals surface area contributed by atoms with Gasteiger partial charge in [-0.2, -0.15) is 13.2 Å². The summed E-state index contributed by atoms with van der Waals surface area (Å²) in [7, 11) is 0. The second kappa shape index (κ2) is 5.68. The predicted molar refractivity (Wildman–Crippen MR) is 79.2 cm³/mol. The molecule has 0 aliphatic carbocycles. The number of carbonyl (C=O) groups excluding carboxylic acids is 1. The van der Waals surface area contributed by atoms with E-state index in [0.717, 1.165) is 6.07 Å². The highest BCUT2D eigenvalue weighted by Gasteiger charge is 2.34. The molecule has 0 bridgehead atoms. The van der Waals surface area contributed by atoms with Crippen LogP contribution in [0.3, 0.4) is 0 Å². The van der Waals surface area contributed by atoms with Crippen molar-refractivity contribution in [3.8, 4) is 5.75 Å². The number of rotatable bonds is 1. The predicted octanol–water partition coefficient (Wildman–Crippen LogP) is 4.61. The minimum atomic E-state index is -4.55. The van der Waals surface area contributed by atoms with Crippen LogP contribution in [-0.2, 0) is 6.18 Å². The molecule has 1 heterocycles. The van der Waals surface area contributed by atoms with E-state index in [1.165, 1.54) is 35.6 Å². The van der Waals surface area contributed by atoms with Crippen molar-refractivity contribution >= 4 is 17.4 Å². The number of fused-ring (bicyclic) bond motifs is 1. The molecule has 1 aliphatic heterocycles. The van der Waals surface area contributed by atoms with Gasteiger partial charge >= 0.3 is 12.2 Å². The van der Waals surface area contributed by atoms with Crippen LogP contribution in [0, 0.1) is 0 Å². The molecule has 4 nitrogen and oxygen atoms in total. The van der Waals surface area contributed by atoms with Crippen molar-refractivity contribution in [2.45, 2.75) is 6.18 Å². The molecular weight excluding hydrogens is 309 g/mol. The van der Waals surface area contributed by atoms with Gasteiger partial charge in [0.2, 0.25) is 0 Å². The van der Waals surface area contributed by atoms with Crippen LogP contribution in [0.4, 0.5) is 29.3 Å². The van der Waals surface area contributed by atoms with Gasteiger partial charge in [-0.25, -0.2) is 4.79 Å². The van der Waals surface area contributed by atoms with Gasteiger partial charge in [-0.1, -0.05) is 24.3 Å². The number of amides is 2. The molecule has 1 N–H and O–H groups in total. The lowest BCUT2D eigenvalue weighted by molar-refractivity contribution is -0.136. The van der Waals surface area contributed by atoms with E-state index in [1.54, 1.807) is 24.3 Å². The van der Waals surface area contributed by atoms with Crippen LogP contribution in [0.1, 0.15) is 5.56 Å². The highest BCUT2D eigenvalue weighted by atomic mass is 19.4. The highest BCUT2D eigenvalue weighted by molar-refractivity contribution is 6.04. The lowest BCUT2D eigenvalue weighted by Crippen LogP contribution is -2.32. The third-order valence-electron chi connectivity index (χ3n) is 3.22. The summed E-state index contributed by atoms with van der Waals surface area (Å²) in [5.74, 6) is 0.439. The Morgan fingerprint density at radius 1 is 1.04 bits per heavy atom. The van der Waals surface area contributed by atoms with Crippen LogP contribution in [-0.4, -0.2) is 6.03 Å². The van der Waals surface area contributed by atoms with E-state index in [9.17, 15) is 18.0 Å². The smallest absolute Gasteiger partial charge is 0.418 e. The Morgan fingerprint density at radius 2 is 1.74 bits per heavy atom. The zero-order valence-electron chi connectivity index (χ0n) is 11.7. The number of para-hydroxylation sites is 3. The zero-order chi connectivity index (χ0) is 16.4. The molecule has 0 saturated carbocycles. The summed E-state index contributed by atoms with van der Waals surface area (Å²) < 4.78 is 44.2. The standard InChI is InChI=1S/C16H11F3N2O2/c17-16(18,19)11-5-1-2-6-12(11)20-15(22)21-9-10-23-14-8-4-3-7-13(14)21/h1-10H,(H,20,22). The maximum absolute atomic E-state index is 13.0. The number of nitrogens with one attached hydrogen (secondary N) is 1. The Balaban J connectivity index is 1.89. The van der Waals surface area contributed by atoms with Gasteiger partial charge < -0.3 is 10.1 Å². The Bertz CT molecular complexity index is 772. The first-order valence-electron chi connectivity index (χ1n) is 6.65. The molecule has 0 radical (unpaired) electrons. The minimum absolute atomic E-state index is 0.303. The molecule has 2 amide bonds. The third-order valence-corrected chi connectivity index (χ3v) is 3.22. The SMILES string of the molecule is O=C(Nc1ccccc1C(F)(F)F)N1C=COc2ccccc21. The Hall–Kier alpha value is -2.96. The normalized spacial score (nSPS) is 13.3. The average Bonchev–Trinajstić information content (AvgIpc) is 2.54. The number of hydrogen-bond acceptors (Lipinski definition) is 2. The van der Waals surface area contributed by atoms with Gasteiger partial charge in [-0.15, -0.1) is 0 Å². The van der Waals surface area contributed by atoms with E-state index < -0.39 is 17.8 Å². The van der Waals surface area contributed by atoms with E-state index >= 15 is 0 Å². The molecule has 0 atom stereocenters. The second-order valence-corrected chi connectivity index (χ2v) is 4.71. The Kier molecular flexibility index (Phi) is 3.69. The fraction of sp³-hybridized carbons (Fsp3) is 0.0625. The highest BCUT2D eigenvalue weighted by Crippen LogP contribution is 2.36. The number of halogens is 3. The van der Waals surface area contributed by atoms with Crippen molar-refractivity contribution in [3.05, 3.63) is 66.6 Å². The van der Waals surface area contributed by atoms with Crippen molar-refractivity contribution in [2.75, 3.05) is 10.2 Å². The molecule has 0 unspecified atom stereocenters. The number of carbonyl (C=O) groups is 1. The van der Waals surface area contributed by atoms with Gasteiger partial charge in [-0.3, -0.25) is 4.90 Å². The van der Waals surface area contributed by atoms with Crippen LogP contribution in [0.25, 0.3) is 0 Å². The lowest BCUT2D eigenvalue weighted by Gasteiger charge is -2.25. The maximum atomic E-state index is 13.0. The number of benzene rings is 2. The van der Waals surface area contributed by atoms with Crippen molar-refractivity contribution < 1.29 is 22.7 Å². The summed E-state index contributed by atoms with van der Waals surface area (Å²) in [4.78, 5) is 13.5. The topological polar surface area (TPSA) is 41.6 Å².